The molecule has 0 aliphatic heterocycles. The lowest BCUT2D eigenvalue weighted by atomic mass is 10.0. The molecule has 1 aromatic carbocycles. The van der Waals surface area contributed by atoms with E-state index in [1.54, 1.807) is 0 Å². The number of nitrogens with two attached hydrogens (primary N) is 1. The minimum Gasteiger partial charge on any atom is -0.323 e. The average molecular weight is 321 g/mol. The molecule has 1 aromatic heterocycles. The lowest BCUT2D eigenvalue weighted by molar-refractivity contribution is 0.501. The van der Waals surface area contributed by atoms with E-state index < -0.39 is 0 Å². The molecule has 0 radical (unpaired) electrons. The van der Waals surface area contributed by atoms with Crippen LogP contribution in [0.1, 0.15) is 44.8 Å². The Bertz CT molecular complexity index is 551. The van der Waals surface area contributed by atoms with E-state index in [0.717, 1.165) is 39.8 Å². The Kier molecular flexibility index (Phi) is 4.94. The van der Waals surface area contributed by atoms with Gasteiger partial charge in [0.25, 0.3) is 0 Å². The second-order valence-electron chi connectivity index (χ2n) is 5.48. The van der Waals surface area contributed by atoms with Crippen LogP contribution in [0.4, 0.5) is 0 Å². The topological polar surface area (TPSA) is 38.9 Å². The highest BCUT2D eigenvalue weighted by Gasteiger charge is 2.13. The van der Waals surface area contributed by atoms with Crippen LogP contribution >= 0.6 is 15.9 Å². The highest BCUT2D eigenvalue weighted by atomic mass is 79.9. The zero-order chi connectivity index (χ0) is 13.8. The average Bonchev–Trinajstić information content (AvgIpc) is 2.37. The largest absolute Gasteiger partial charge is 0.323 e. The number of halogens is 1. The number of aromatic nitrogens is 1. The van der Waals surface area contributed by atoms with Crippen molar-refractivity contribution in [3.8, 4) is 0 Å². The summed E-state index contributed by atoms with van der Waals surface area (Å²) >= 11 is 3.60. The van der Waals surface area contributed by atoms with Crippen molar-refractivity contribution < 1.29 is 0 Å². The molecule has 0 bridgehead atoms. The third-order valence-corrected chi connectivity index (χ3v) is 3.99. The minimum atomic E-state index is 0.0118. The van der Waals surface area contributed by atoms with Gasteiger partial charge in [-0.2, -0.15) is 0 Å². The predicted octanol–water partition coefficient (Wildman–Crippen LogP) is 4.82. The Morgan fingerprint density at radius 3 is 2.68 bits per heavy atom. The third kappa shape index (κ3) is 3.77. The number of fused-ring (bicyclic) bond motifs is 1. The summed E-state index contributed by atoms with van der Waals surface area (Å²) in [6.45, 7) is 4.49. The molecule has 0 spiro atoms. The van der Waals surface area contributed by atoms with Gasteiger partial charge in [-0.1, -0.05) is 44.9 Å². The van der Waals surface area contributed by atoms with Crippen molar-refractivity contribution in [3.63, 3.8) is 0 Å². The maximum absolute atomic E-state index is 6.28. The molecule has 0 aliphatic carbocycles. The third-order valence-electron chi connectivity index (χ3n) is 3.35. The first-order chi connectivity index (χ1) is 9.08. The van der Waals surface area contributed by atoms with E-state index in [4.69, 9.17) is 10.7 Å². The van der Waals surface area contributed by atoms with Gasteiger partial charge < -0.3 is 5.73 Å². The van der Waals surface area contributed by atoms with E-state index in [2.05, 4.69) is 41.9 Å². The molecule has 0 fully saturated rings. The van der Waals surface area contributed by atoms with Crippen molar-refractivity contribution in [2.45, 2.75) is 39.2 Å². The highest BCUT2D eigenvalue weighted by molar-refractivity contribution is 9.10. The van der Waals surface area contributed by atoms with Crippen LogP contribution < -0.4 is 5.73 Å². The van der Waals surface area contributed by atoms with Crippen LogP contribution in [0.5, 0.6) is 0 Å². The van der Waals surface area contributed by atoms with E-state index in [-0.39, 0.29) is 6.04 Å². The summed E-state index contributed by atoms with van der Waals surface area (Å²) in [7, 11) is 0. The predicted molar refractivity (Wildman–Crippen MR) is 85.1 cm³/mol. The van der Waals surface area contributed by atoms with Gasteiger partial charge in [0.1, 0.15) is 0 Å². The maximum Gasteiger partial charge on any atom is 0.0720 e. The standard InChI is InChI=1S/C16H21BrN2/c1-11(2)6-5-8-14(18)16-13(17)10-12-7-3-4-9-15(12)19-16/h3-4,7,9-11,14H,5-6,8,18H2,1-2H3. The molecular weight excluding hydrogens is 300 g/mol. The first-order valence-electron chi connectivity index (χ1n) is 6.88. The van der Waals surface area contributed by atoms with Crippen LogP contribution in [-0.2, 0) is 0 Å². The lowest BCUT2D eigenvalue weighted by Crippen LogP contribution is -2.13. The number of benzene rings is 1. The first kappa shape index (κ1) is 14.5. The summed E-state index contributed by atoms with van der Waals surface area (Å²) in [6.07, 6.45) is 3.36. The maximum atomic E-state index is 6.28. The molecule has 19 heavy (non-hydrogen) atoms. The van der Waals surface area contributed by atoms with Crippen LogP contribution in [0, 0.1) is 5.92 Å². The summed E-state index contributed by atoms with van der Waals surface area (Å²) in [5.74, 6) is 0.736. The molecule has 0 saturated carbocycles. The summed E-state index contributed by atoms with van der Waals surface area (Å²) in [5, 5.41) is 1.15. The smallest absolute Gasteiger partial charge is 0.0720 e. The van der Waals surface area contributed by atoms with Crippen LogP contribution in [0.3, 0.4) is 0 Å². The molecule has 1 atom stereocenters. The second kappa shape index (κ2) is 6.49. The Labute approximate surface area is 123 Å². The van der Waals surface area contributed by atoms with Gasteiger partial charge in [-0.15, -0.1) is 0 Å². The molecule has 2 aromatic rings. The Balaban J connectivity index is 2.16. The van der Waals surface area contributed by atoms with Crippen molar-refractivity contribution in [1.29, 1.82) is 0 Å². The molecule has 2 rings (SSSR count). The Morgan fingerprint density at radius 2 is 1.95 bits per heavy atom. The molecule has 0 amide bonds. The number of rotatable bonds is 5. The molecule has 0 saturated heterocycles. The van der Waals surface area contributed by atoms with Gasteiger partial charge in [-0.3, -0.25) is 0 Å². The molecule has 0 aliphatic rings. The number of pyridine rings is 1. The van der Waals surface area contributed by atoms with Crippen molar-refractivity contribution in [1.82, 2.24) is 4.98 Å². The van der Waals surface area contributed by atoms with E-state index in [1.807, 2.05) is 18.2 Å². The van der Waals surface area contributed by atoms with Crippen molar-refractivity contribution in [2.75, 3.05) is 0 Å². The fourth-order valence-corrected chi connectivity index (χ4v) is 2.88. The van der Waals surface area contributed by atoms with Crippen molar-refractivity contribution in [3.05, 3.63) is 40.5 Å². The fourth-order valence-electron chi connectivity index (χ4n) is 2.25. The van der Waals surface area contributed by atoms with Crippen LogP contribution in [-0.4, -0.2) is 4.98 Å². The quantitative estimate of drug-likeness (QED) is 0.857. The highest BCUT2D eigenvalue weighted by Crippen LogP contribution is 2.27. The molecule has 2 N–H and O–H groups in total. The van der Waals surface area contributed by atoms with Gasteiger partial charge in [-0.05, 0) is 40.4 Å². The zero-order valence-corrected chi connectivity index (χ0v) is 13.2. The molecule has 2 nitrogen and oxygen atoms in total. The monoisotopic (exact) mass is 320 g/mol. The number of hydrogen-bond acceptors (Lipinski definition) is 2. The fraction of sp³-hybridized carbons (Fsp3) is 0.438. The summed E-state index contributed by atoms with van der Waals surface area (Å²) in [6, 6.07) is 10.3. The van der Waals surface area contributed by atoms with Gasteiger partial charge in [-0.25, -0.2) is 4.98 Å². The SMILES string of the molecule is CC(C)CCCC(N)c1nc2ccccc2cc1Br. The van der Waals surface area contributed by atoms with Crippen LogP contribution in [0.15, 0.2) is 34.8 Å². The molecule has 3 heteroatoms. The lowest BCUT2D eigenvalue weighted by Gasteiger charge is -2.14. The van der Waals surface area contributed by atoms with E-state index in [1.165, 1.54) is 6.42 Å². The van der Waals surface area contributed by atoms with Gasteiger partial charge in [0.05, 0.1) is 11.2 Å². The van der Waals surface area contributed by atoms with Crippen molar-refractivity contribution in [2.24, 2.45) is 11.7 Å². The zero-order valence-electron chi connectivity index (χ0n) is 11.6. The summed E-state index contributed by atoms with van der Waals surface area (Å²) in [5.41, 5.74) is 8.27. The molecule has 102 valence electrons. The normalized spacial score (nSPS) is 13.1. The molecule has 1 unspecified atom stereocenters. The first-order valence-corrected chi connectivity index (χ1v) is 7.68. The molecule has 1 heterocycles. The van der Waals surface area contributed by atoms with Gasteiger partial charge in [0.2, 0.25) is 0 Å². The van der Waals surface area contributed by atoms with Crippen molar-refractivity contribution >= 4 is 26.8 Å². The summed E-state index contributed by atoms with van der Waals surface area (Å²) < 4.78 is 1.02. The minimum absolute atomic E-state index is 0.0118. The van der Waals surface area contributed by atoms with Gasteiger partial charge in [0, 0.05) is 15.9 Å². The van der Waals surface area contributed by atoms with E-state index >= 15 is 0 Å². The van der Waals surface area contributed by atoms with Crippen LogP contribution in [0.25, 0.3) is 10.9 Å². The Hall–Kier alpha value is -0.930. The number of para-hydroxylation sites is 1. The van der Waals surface area contributed by atoms with Crippen LogP contribution in [0.2, 0.25) is 0 Å². The van der Waals surface area contributed by atoms with E-state index in [0.29, 0.717) is 0 Å². The number of hydrogen-bond donors (Lipinski definition) is 1. The van der Waals surface area contributed by atoms with E-state index in [9.17, 15) is 0 Å². The van der Waals surface area contributed by atoms with Gasteiger partial charge >= 0.3 is 0 Å². The second-order valence-corrected chi connectivity index (χ2v) is 6.33. The van der Waals surface area contributed by atoms with Gasteiger partial charge in [0.15, 0.2) is 0 Å². The number of nitrogens with zero attached hydrogens (tertiary/aromatic N) is 1. The summed E-state index contributed by atoms with van der Waals surface area (Å²) in [4.78, 5) is 4.70. The Morgan fingerprint density at radius 1 is 1.21 bits per heavy atom. The molecular formula is C16H21BrN2.